The molecule has 0 aliphatic carbocycles. The molecule has 8 nitrogen and oxygen atoms in total. The minimum absolute atomic E-state index is 0.0423. The second-order valence-electron chi connectivity index (χ2n) is 4.69. The smallest absolute Gasteiger partial charge is 0.434 e. The van der Waals surface area contributed by atoms with Crippen molar-refractivity contribution in [3.8, 4) is 0 Å². The third-order valence-electron chi connectivity index (χ3n) is 3.21. The van der Waals surface area contributed by atoms with Crippen molar-refractivity contribution in [2.45, 2.75) is 4.90 Å². The Labute approximate surface area is 129 Å². The lowest BCUT2D eigenvalue weighted by Crippen LogP contribution is -2.23. The van der Waals surface area contributed by atoms with Gasteiger partial charge in [0, 0.05) is 11.8 Å². The molecule has 9 heteroatoms. The second kappa shape index (κ2) is 4.99. The predicted octanol–water partition coefficient (Wildman–Crippen LogP) is 1.11. The molecular weight excluding hydrogens is 324 g/mol. The summed E-state index contributed by atoms with van der Waals surface area (Å²) in [6.45, 7) is 0. The van der Waals surface area contributed by atoms with Crippen molar-refractivity contribution in [1.82, 2.24) is 3.97 Å². The van der Waals surface area contributed by atoms with Crippen LogP contribution in [0.1, 0.15) is 10.4 Å². The summed E-state index contributed by atoms with van der Waals surface area (Å²) in [5, 5.41) is 8.84. The highest BCUT2D eigenvalue weighted by molar-refractivity contribution is 7.90. The van der Waals surface area contributed by atoms with Gasteiger partial charge in [-0.2, -0.15) is 3.97 Å². The summed E-state index contributed by atoms with van der Waals surface area (Å²) >= 11 is 0. The van der Waals surface area contributed by atoms with Crippen molar-refractivity contribution in [3.63, 3.8) is 0 Å². The Morgan fingerprint density at radius 3 is 2.39 bits per heavy atom. The molecular formula is C14H10N2O6S. The highest BCUT2D eigenvalue weighted by Gasteiger charge is 2.24. The quantitative estimate of drug-likeness (QED) is 0.685. The van der Waals surface area contributed by atoms with Gasteiger partial charge in [0.05, 0.1) is 10.5 Å². The van der Waals surface area contributed by atoms with E-state index in [4.69, 9.17) is 15.3 Å². The Kier molecular flexibility index (Phi) is 3.22. The number of aromatic carboxylic acids is 1. The third kappa shape index (κ3) is 2.36. The van der Waals surface area contributed by atoms with E-state index < -0.39 is 21.7 Å². The van der Waals surface area contributed by atoms with Gasteiger partial charge >= 0.3 is 11.7 Å². The van der Waals surface area contributed by atoms with E-state index in [2.05, 4.69) is 0 Å². The maximum Gasteiger partial charge on any atom is 0.434 e. The first-order valence-corrected chi connectivity index (χ1v) is 7.75. The highest BCUT2D eigenvalue weighted by atomic mass is 32.2. The van der Waals surface area contributed by atoms with E-state index in [1.807, 2.05) is 0 Å². The first kappa shape index (κ1) is 14.9. The Morgan fingerprint density at radius 1 is 1.13 bits per heavy atom. The lowest BCUT2D eigenvalue weighted by Gasteiger charge is -2.05. The van der Waals surface area contributed by atoms with Gasteiger partial charge < -0.3 is 15.3 Å². The number of nitrogens with zero attached hydrogens (tertiary/aromatic N) is 1. The maximum absolute atomic E-state index is 12.6. The zero-order valence-corrected chi connectivity index (χ0v) is 12.3. The number of carboxylic acid groups (broad SMARTS) is 1. The first-order chi connectivity index (χ1) is 10.8. The van der Waals surface area contributed by atoms with Crippen molar-refractivity contribution >= 4 is 32.8 Å². The van der Waals surface area contributed by atoms with Gasteiger partial charge in [-0.25, -0.2) is 18.0 Å². The fraction of sp³-hybridized carbons (Fsp3) is 0. The zero-order valence-electron chi connectivity index (χ0n) is 11.5. The van der Waals surface area contributed by atoms with Crippen molar-refractivity contribution in [2.24, 2.45) is 0 Å². The van der Waals surface area contributed by atoms with Gasteiger partial charge in [-0.15, -0.1) is 0 Å². The van der Waals surface area contributed by atoms with Crippen molar-refractivity contribution in [1.29, 1.82) is 0 Å². The number of rotatable bonds is 3. The number of fused-ring (bicyclic) bond motifs is 1. The van der Waals surface area contributed by atoms with Crippen molar-refractivity contribution in [2.75, 3.05) is 5.73 Å². The standard InChI is InChI=1S/C14H10N2O6S/c15-9-3-6-11-12(7-9)22-14(19)16(11)23(20,21)10-4-1-8(2-5-10)13(17)18/h1-7H,15H2,(H,17,18). The van der Waals surface area contributed by atoms with E-state index in [1.165, 1.54) is 18.2 Å². The minimum Gasteiger partial charge on any atom is -0.478 e. The van der Waals surface area contributed by atoms with Gasteiger partial charge in [-0.05, 0) is 36.4 Å². The zero-order chi connectivity index (χ0) is 16.8. The molecule has 0 saturated carbocycles. The fourth-order valence-corrected chi connectivity index (χ4v) is 3.45. The van der Waals surface area contributed by atoms with E-state index >= 15 is 0 Å². The Bertz CT molecular complexity index is 1080. The third-order valence-corrected chi connectivity index (χ3v) is 4.90. The number of hydrogen-bond donors (Lipinski definition) is 2. The van der Waals surface area contributed by atoms with Crippen LogP contribution >= 0.6 is 0 Å². The van der Waals surface area contributed by atoms with Gasteiger partial charge in [0.1, 0.15) is 5.52 Å². The van der Waals surface area contributed by atoms with Crippen LogP contribution in [0.4, 0.5) is 5.69 Å². The lowest BCUT2D eigenvalue weighted by molar-refractivity contribution is 0.0696. The van der Waals surface area contributed by atoms with Crippen LogP contribution in [0.3, 0.4) is 0 Å². The molecule has 3 rings (SSSR count). The number of aromatic nitrogens is 1. The van der Waals surface area contributed by atoms with E-state index in [1.54, 1.807) is 0 Å². The number of nitrogen functional groups attached to an aromatic ring is 1. The summed E-state index contributed by atoms with van der Waals surface area (Å²) in [5.74, 6) is -2.26. The monoisotopic (exact) mass is 334 g/mol. The van der Waals surface area contributed by atoms with Crippen molar-refractivity contribution in [3.05, 3.63) is 58.6 Å². The number of anilines is 1. The number of hydrogen-bond acceptors (Lipinski definition) is 6. The molecule has 0 bridgehead atoms. The fourth-order valence-electron chi connectivity index (χ4n) is 2.12. The molecule has 1 aromatic heterocycles. The summed E-state index contributed by atoms with van der Waals surface area (Å²) in [5.41, 5.74) is 5.91. The average molecular weight is 334 g/mol. The average Bonchev–Trinajstić information content (AvgIpc) is 2.82. The molecule has 3 N–H and O–H groups in total. The molecule has 0 fully saturated rings. The molecule has 2 aromatic carbocycles. The van der Waals surface area contributed by atoms with Crippen LogP contribution in [0.2, 0.25) is 0 Å². The summed E-state index contributed by atoms with van der Waals surface area (Å²) < 4.78 is 30.7. The summed E-state index contributed by atoms with van der Waals surface area (Å²) in [7, 11) is -4.23. The molecule has 1 heterocycles. The predicted molar refractivity (Wildman–Crippen MR) is 80.9 cm³/mol. The molecule has 3 aromatic rings. The molecule has 0 amide bonds. The largest absolute Gasteiger partial charge is 0.478 e. The highest BCUT2D eigenvalue weighted by Crippen LogP contribution is 2.21. The number of carbonyl (C=O) groups is 1. The van der Waals surface area contributed by atoms with Gasteiger partial charge in [-0.1, -0.05) is 0 Å². The maximum atomic E-state index is 12.6. The Balaban J connectivity index is 2.22. The first-order valence-electron chi connectivity index (χ1n) is 6.31. The SMILES string of the molecule is Nc1ccc2c(c1)oc(=O)n2S(=O)(=O)c1ccc(C(=O)O)cc1. The molecule has 0 spiro atoms. The molecule has 0 radical (unpaired) electrons. The molecule has 23 heavy (non-hydrogen) atoms. The second-order valence-corrected chi connectivity index (χ2v) is 6.48. The molecule has 0 aliphatic heterocycles. The van der Waals surface area contributed by atoms with E-state index in [0.29, 0.717) is 9.66 Å². The van der Waals surface area contributed by atoms with Gasteiger partial charge in [-0.3, -0.25) is 0 Å². The lowest BCUT2D eigenvalue weighted by atomic mass is 10.2. The summed E-state index contributed by atoms with van der Waals surface area (Å²) in [6, 6.07) is 8.65. The number of benzene rings is 2. The molecule has 0 unspecified atom stereocenters. The molecule has 0 saturated heterocycles. The van der Waals surface area contributed by atoms with Gasteiger partial charge in [0.25, 0.3) is 10.0 Å². The number of oxazole rings is 1. The van der Waals surface area contributed by atoms with Crippen LogP contribution in [0.15, 0.2) is 56.6 Å². The molecule has 0 atom stereocenters. The van der Waals surface area contributed by atoms with Gasteiger partial charge in [0.15, 0.2) is 5.58 Å². The Morgan fingerprint density at radius 2 is 1.78 bits per heavy atom. The van der Waals surface area contributed by atoms with Crippen LogP contribution in [-0.2, 0) is 10.0 Å². The van der Waals surface area contributed by atoms with E-state index in [9.17, 15) is 18.0 Å². The Hall–Kier alpha value is -3.07. The number of nitrogens with two attached hydrogens (primary N) is 1. The summed E-state index contributed by atoms with van der Waals surface area (Å²) in [6.07, 6.45) is 0. The topological polar surface area (TPSA) is 133 Å². The minimum atomic E-state index is -4.23. The van der Waals surface area contributed by atoms with Gasteiger partial charge in [0.2, 0.25) is 0 Å². The number of carboxylic acids is 1. The van der Waals surface area contributed by atoms with Crippen LogP contribution in [0.25, 0.3) is 11.1 Å². The molecule has 0 aliphatic rings. The summed E-state index contributed by atoms with van der Waals surface area (Å²) in [4.78, 5) is 22.5. The molecule has 118 valence electrons. The van der Waals surface area contributed by atoms with Crippen LogP contribution < -0.4 is 11.5 Å². The van der Waals surface area contributed by atoms with Crippen LogP contribution in [-0.4, -0.2) is 23.5 Å². The van der Waals surface area contributed by atoms with E-state index in [-0.39, 0.29) is 21.6 Å². The van der Waals surface area contributed by atoms with Crippen molar-refractivity contribution < 1.29 is 22.7 Å². The van der Waals surface area contributed by atoms with E-state index in [0.717, 1.165) is 24.3 Å². The normalized spacial score (nSPS) is 11.7. The van der Waals surface area contributed by atoms with Crippen LogP contribution in [0, 0.1) is 0 Å². The van der Waals surface area contributed by atoms with Crippen LogP contribution in [0.5, 0.6) is 0 Å².